The number of carbonyl (C=O) groups excluding carboxylic acids is 1. The van der Waals surface area contributed by atoms with Crippen LogP contribution in [0.5, 0.6) is 0 Å². The fourth-order valence-electron chi connectivity index (χ4n) is 6.65. The Morgan fingerprint density at radius 2 is 1.67 bits per heavy atom. The average Bonchev–Trinajstić information content (AvgIpc) is 3.09. The van der Waals surface area contributed by atoms with E-state index in [1.165, 1.54) is 6.20 Å². The van der Waals surface area contributed by atoms with E-state index in [9.17, 15) is 10.0 Å². The maximum atomic E-state index is 13.3. The summed E-state index contributed by atoms with van der Waals surface area (Å²) in [5, 5.41) is 61.2. The maximum Gasteiger partial charge on any atom is 0.260 e. The van der Waals surface area contributed by atoms with Crippen molar-refractivity contribution in [3.8, 4) is 0 Å². The summed E-state index contributed by atoms with van der Waals surface area (Å²) in [6.07, 6.45) is -1.64. The van der Waals surface area contributed by atoms with Crippen LogP contribution in [0.4, 0.5) is 0 Å². The molecule has 1 amide bonds. The minimum absolute atomic E-state index is 0.0257. The molecule has 0 bridgehead atoms. The highest BCUT2D eigenvalue weighted by molar-refractivity contribution is 9.10. The molecule has 0 radical (unpaired) electrons. The fraction of sp³-hybridized carbons (Fsp3) is 0.618. The third-order valence-corrected chi connectivity index (χ3v) is 10.4. The van der Waals surface area contributed by atoms with Gasteiger partial charge in [-0.2, -0.15) is 4.73 Å². The highest BCUT2D eigenvalue weighted by atomic mass is 79.9. The lowest BCUT2D eigenvalue weighted by Crippen LogP contribution is -2.58. The van der Waals surface area contributed by atoms with Crippen molar-refractivity contribution in [3.63, 3.8) is 0 Å². The molecule has 1 aromatic carbocycles. The molecule has 266 valence electrons. The lowest BCUT2D eigenvalue weighted by molar-refractivity contribution is -0.612. The van der Waals surface area contributed by atoms with Crippen LogP contribution < -0.4 is 4.73 Å². The summed E-state index contributed by atoms with van der Waals surface area (Å²) >= 11 is 3.52. The van der Waals surface area contributed by atoms with E-state index in [-0.39, 0.29) is 11.4 Å². The summed E-state index contributed by atoms with van der Waals surface area (Å²) in [7, 11) is 0. The number of amides is 1. The molecule has 0 unspecified atom stereocenters. The predicted molar refractivity (Wildman–Crippen MR) is 181 cm³/mol. The van der Waals surface area contributed by atoms with Gasteiger partial charge in [-0.1, -0.05) is 33.2 Å². The zero-order chi connectivity index (χ0) is 35.2. The van der Waals surface area contributed by atoms with E-state index in [0.717, 1.165) is 64.8 Å². The van der Waals surface area contributed by atoms with Crippen molar-refractivity contribution in [2.75, 3.05) is 39.4 Å². The fourth-order valence-corrected chi connectivity index (χ4v) is 6.92. The quantitative estimate of drug-likeness (QED) is 0.121. The summed E-state index contributed by atoms with van der Waals surface area (Å²) in [5.41, 5.74) is 4.11. The second kappa shape index (κ2) is 16.8. The van der Waals surface area contributed by atoms with Gasteiger partial charge in [0.1, 0.15) is 36.6 Å². The monoisotopic (exact) mass is 736 g/mol. The molecule has 3 aliphatic heterocycles. The zero-order valence-corrected chi connectivity index (χ0v) is 29.6. The Hall–Kier alpha value is -2.69. The SMILES string of the molecule is CCO/N=C(/c1ccc(Br)cc1)C1CCN(C2(C)CCN(C(=O)c3c(C)cc[n+]([O-])c3C)CC2)CC1.OC[C@H]1O[C@H](O)[C@H](O)[C@@H](O)[C@@H]1O. The van der Waals surface area contributed by atoms with E-state index >= 15 is 0 Å². The Morgan fingerprint density at radius 3 is 2.25 bits per heavy atom. The van der Waals surface area contributed by atoms with Gasteiger partial charge >= 0.3 is 0 Å². The number of aromatic nitrogens is 1. The Kier molecular flexibility index (Phi) is 13.4. The Morgan fingerprint density at radius 1 is 1.04 bits per heavy atom. The highest BCUT2D eigenvalue weighted by Gasteiger charge is 2.43. The lowest BCUT2D eigenvalue weighted by atomic mass is 9.82. The third-order valence-electron chi connectivity index (χ3n) is 9.83. The van der Waals surface area contributed by atoms with Crippen LogP contribution in [0.1, 0.15) is 66.7 Å². The van der Waals surface area contributed by atoms with Gasteiger partial charge in [-0.3, -0.25) is 9.69 Å². The number of benzene rings is 1. The number of hydrogen-bond acceptors (Lipinski definition) is 11. The summed E-state index contributed by atoms with van der Waals surface area (Å²) < 4.78 is 6.42. The Balaban J connectivity index is 0.000000365. The summed E-state index contributed by atoms with van der Waals surface area (Å²) in [5.74, 6) is 0.337. The first-order valence-corrected chi connectivity index (χ1v) is 17.3. The van der Waals surface area contributed by atoms with Crippen LogP contribution in [0.2, 0.25) is 0 Å². The van der Waals surface area contributed by atoms with Gasteiger partial charge in [-0.25, -0.2) is 0 Å². The van der Waals surface area contributed by atoms with Gasteiger partial charge in [0.25, 0.3) is 5.91 Å². The van der Waals surface area contributed by atoms with E-state index in [0.29, 0.717) is 36.9 Å². The minimum Gasteiger partial charge on any atom is -0.618 e. The van der Waals surface area contributed by atoms with Crippen LogP contribution in [0, 0.1) is 25.0 Å². The molecule has 13 nitrogen and oxygen atoms in total. The number of ether oxygens (including phenoxy) is 1. The van der Waals surface area contributed by atoms with Gasteiger partial charge in [-0.15, -0.1) is 0 Å². The number of pyridine rings is 1. The number of nitrogens with zero attached hydrogens (tertiary/aromatic N) is 4. The number of oxime groups is 1. The van der Waals surface area contributed by atoms with E-state index < -0.39 is 37.3 Å². The first-order valence-electron chi connectivity index (χ1n) is 16.5. The van der Waals surface area contributed by atoms with Crippen molar-refractivity contribution in [1.29, 1.82) is 0 Å². The Labute approximate surface area is 290 Å². The van der Waals surface area contributed by atoms with Crippen LogP contribution in [0.3, 0.4) is 0 Å². The van der Waals surface area contributed by atoms with E-state index in [2.05, 4.69) is 61.9 Å². The van der Waals surface area contributed by atoms with Crippen molar-refractivity contribution in [2.45, 2.75) is 89.6 Å². The molecule has 5 N–H and O–H groups in total. The van der Waals surface area contributed by atoms with Gasteiger partial charge in [0.2, 0.25) is 5.69 Å². The summed E-state index contributed by atoms with van der Waals surface area (Å²) in [6, 6.07) is 10.0. The van der Waals surface area contributed by atoms with E-state index in [1.54, 1.807) is 13.0 Å². The molecule has 0 saturated carbocycles. The average molecular weight is 738 g/mol. The van der Waals surface area contributed by atoms with Crippen molar-refractivity contribution < 1.29 is 44.6 Å². The number of rotatable bonds is 7. The van der Waals surface area contributed by atoms with E-state index in [4.69, 9.17) is 30.4 Å². The predicted octanol–water partition coefficient (Wildman–Crippen LogP) is 1.63. The second-order valence-corrected chi connectivity index (χ2v) is 13.9. The summed E-state index contributed by atoms with van der Waals surface area (Å²) in [6.45, 7) is 11.4. The molecule has 1 aromatic heterocycles. The summed E-state index contributed by atoms with van der Waals surface area (Å²) in [4.78, 5) is 23.3. The van der Waals surface area contributed by atoms with Crippen molar-refractivity contribution in [1.82, 2.24) is 9.80 Å². The molecule has 2 aromatic rings. The zero-order valence-electron chi connectivity index (χ0n) is 28.0. The number of aliphatic hydroxyl groups is 5. The molecule has 5 rings (SSSR count). The minimum atomic E-state index is -1.57. The largest absolute Gasteiger partial charge is 0.618 e. The van der Waals surface area contributed by atoms with Crippen LogP contribution in [-0.4, -0.2) is 123 Å². The molecular weight excluding hydrogens is 688 g/mol. The topological polar surface area (TPSA) is 182 Å². The number of piperidine rings is 2. The standard InChI is InChI=1S/C28H37BrN4O3.C6H12O6/c1-5-36-30-26(22-6-8-24(29)9-7-22)23-11-15-32(16-12-23)28(4)13-18-31(19-14-28)27(34)25-20(2)10-17-33(35)21(25)3;7-1-2-3(8)4(9)5(10)6(11)12-2/h6-10,17,23H,5,11-16,18-19H2,1-4H3;2-11H,1H2/b30-26-;/t;2-,3-,4+,5-,6+/m.1/s1. The van der Waals surface area contributed by atoms with Crippen LogP contribution in [0.25, 0.3) is 0 Å². The van der Waals surface area contributed by atoms with Crippen LogP contribution in [0.15, 0.2) is 46.2 Å². The third kappa shape index (κ3) is 8.72. The van der Waals surface area contributed by atoms with Crippen molar-refractivity contribution in [2.24, 2.45) is 11.1 Å². The second-order valence-electron chi connectivity index (χ2n) is 13.0. The van der Waals surface area contributed by atoms with E-state index in [1.807, 2.05) is 18.7 Å². The molecule has 3 saturated heterocycles. The molecule has 48 heavy (non-hydrogen) atoms. The normalized spacial score (nSPS) is 26.8. The van der Waals surface area contributed by atoms with Crippen LogP contribution >= 0.6 is 15.9 Å². The molecule has 4 heterocycles. The lowest BCUT2D eigenvalue weighted by Gasteiger charge is -2.49. The number of aliphatic hydroxyl groups excluding tert-OH is 5. The molecule has 0 aliphatic carbocycles. The Bertz CT molecular complexity index is 1390. The molecule has 0 spiro atoms. The van der Waals surface area contributed by atoms with Crippen molar-refractivity contribution >= 4 is 27.5 Å². The number of carbonyl (C=O) groups is 1. The van der Waals surface area contributed by atoms with Gasteiger partial charge in [0.05, 0.1) is 12.3 Å². The highest BCUT2D eigenvalue weighted by Crippen LogP contribution is 2.34. The molecule has 5 atom stereocenters. The van der Waals surface area contributed by atoms with Crippen LogP contribution in [-0.2, 0) is 9.57 Å². The smallest absolute Gasteiger partial charge is 0.260 e. The van der Waals surface area contributed by atoms with Gasteiger partial charge in [-0.05, 0) is 82.8 Å². The number of aryl methyl sites for hydroxylation is 1. The molecular formula is C34H49BrN4O9. The first-order chi connectivity index (χ1) is 22.8. The van der Waals surface area contributed by atoms with Gasteiger partial charge in [0, 0.05) is 42.0 Å². The maximum absolute atomic E-state index is 13.3. The number of hydrogen-bond donors (Lipinski definition) is 5. The molecule has 3 fully saturated rings. The first kappa shape index (κ1) is 38.1. The molecule has 3 aliphatic rings. The number of likely N-dealkylation sites (tertiary alicyclic amines) is 2. The van der Waals surface area contributed by atoms with Gasteiger partial charge in [0.15, 0.2) is 12.5 Å². The van der Waals surface area contributed by atoms with Crippen molar-refractivity contribution in [3.05, 3.63) is 68.6 Å². The van der Waals surface area contributed by atoms with Gasteiger partial charge < -0.3 is 45.2 Å². The number of halogens is 1. The molecule has 14 heteroatoms.